The van der Waals surface area contributed by atoms with Crippen LogP contribution in [0.4, 0.5) is 5.69 Å². The second-order valence-corrected chi connectivity index (χ2v) is 8.73. The Morgan fingerprint density at radius 2 is 1.85 bits per heavy atom. The van der Waals surface area contributed by atoms with Crippen molar-refractivity contribution < 1.29 is 23.4 Å². The number of thioether (sulfide) groups is 1. The van der Waals surface area contributed by atoms with Gasteiger partial charge in [-0.25, -0.2) is 4.99 Å². The average Bonchev–Trinajstić information content (AvgIpc) is 3.45. The Hall–Kier alpha value is -3.65. The van der Waals surface area contributed by atoms with Crippen molar-refractivity contribution in [3.63, 3.8) is 0 Å². The van der Waals surface area contributed by atoms with Gasteiger partial charge in [-0.2, -0.15) is 0 Å². The molecule has 0 spiro atoms. The summed E-state index contributed by atoms with van der Waals surface area (Å²) < 4.78 is 22.2. The lowest BCUT2D eigenvalue weighted by Gasteiger charge is -2.16. The third kappa shape index (κ3) is 5.28. The van der Waals surface area contributed by atoms with E-state index in [0.29, 0.717) is 33.0 Å². The Balaban J connectivity index is 1.72. The van der Waals surface area contributed by atoms with Gasteiger partial charge in [-0.3, -0.25) is 9.69 Å². The minimum atomic E-state index is -0.160. The van der Waals surface area contributed by atoms with E-state index in [1.54, 1.807) is 31.4 Å². The van der Waals surface area contributed by atoms with Crippen LogP contribution in [0.25, 0.3) is 6.08 Å². The van der Waals surface area contributed by atoms with Crippen molar-refractivity contribution in [2.75, 3.05) is 14.2 Å². The van der Waals surface area contributed by atoms with E-state index in [1.165, 1.54) is 11.8 Å². The molecule has 2 aromatic carbocycles. The van der Waals surface area contributed by atoms with Gasteiger partial charge in [-0.1, -0.05) is 12.1 Å². The predicted molar refractivity (Wildman–Crippen MR) is 134 cm³/mol. The predicted octanol–water partition coefficient (Wildman–Crippen LogP) is 5.89. The van der Waals surface area contributed by atoms with E-state index in [4.69, 9.17) is 23.6 Å². The quantitative estimate of drug-likeness (QED) is 0.376. The van der Waals surface area contributed by atoms with Crippen LogP contribution in [0.2, 0.25) is 0 Å². The Bertz CT molecular complexity index is 1200. The number of carbonyl (C=O) groups excluding carboxylic acids is 1. The first kappa shape index (κ1) is 23.5. The fourth-order valence-corrected chi connectivity index (χ4v) is 4.36. The van der Waals surface area contributed by atoms with Gasteiger partial charge < -0.3 is 18.6 Å². The highest BCUT2D eigenvalue weighted by molar-refractivity contribution is 8.18. The minimum absolute atomic E-state index is 0.0528. The van der Waals surface area contributed by atoms with Crippen molar-refractivity contribution in [2.45, 2.75) is 26.5 Å². The molecule has 0 bridgehead atoms. The van der Waals surface area contributed by atoms with Crippen LogP contribution in [0.5, 0.6) is 17.2 Å². The molecule has 7 nitrogen and oxygen atoms in total. The molecule has 0 N–H and O–H groups in total. The number of carbonyl (C=O) groups is 1. The molecule has 2 heterocycles. The van der Waals surface area contributed by atoms with Gasteiger partial charge in [0.2, 0.25) is 0 Å². The number of ether oxygens (including phenoxy) is 3. The molecule has 176 valence electrons. The Kier molecular flexibility index (Phi) is 7.27. The highest BCUT2D eigenvalue weighted by Gasteiger charge is 2.34. The first-order valence-electron chi connectivity index (χ1n) is 10.8. The van der Waals surface area contributed by atoms with Gasteiger partial charge in [0.15, 0.2) is 16.7 Å². The summed E-state index contributed by atoms with van der Waals surface area (Å²) >= 11 is 1.31. The summed E-state index contributed by atoms with van der Waals surface area (Å²) in [4.78, 5) is 20.3. The topological polar surface area (TPSA) is 73.5 Å². The van der Waals surface area contributed by atoms with Gasteiger partial charge in [0.25, 0.3) is 5.91 Å². The molecule has 0 unspecified atom stereocenters. The average molecular weight is 479 g/mol. The molecular formula is C26H26N2O5S. The zero-order valence-electron chi connectivity index (χ0n) is 19.5. The second-order valence-electron chi connectivity index (χ2n) is 7.72. The fraction of sp³-hybridized carbons (Fsp3) is 0.231. The first-order chi connectivity index (χ1) is 16.5. The number of rotatable bonds is 8. The van der Waals surface area contributed by atoms with Crippen LogP contribution in [-0.2, 0) is 11.3 Å². The van der Waals surface area contributed by atoms with Gasteiger partial charge in [0.1, 0.15) is 11.5 Å². The van der Waals surface area contributed by atoms with Crippen molar-refractivity contribution in [1.29, 1.82) is 0 Å². The smallest absolute Gasteiger partial charge is 0.267 e. The van der Waals surface area contributed by atoms with E-state index in [0.717, 1.165) is 11.3 Å². The molecular weight excluding hydrogens is 452 g/mol. The van der Waals surface area contributed by atoms with Crippen LogP contribution < -0.4 is 14.2 Å². The largest absolute Gasteiger partial charge is 0.497 e. The van der Waals surface area contributed by atoms with E-state index in [2.05, 4.69) is 0 Å². The van der Waals surface area contributed by atoms with Crippen molar-refractivity contribution in [3.05, 3.63) is 77.1 Å². The lowest BCUT2D eigenvalue weighted by molar-refractivity contribution is -0.122. The van der Waals surface area contributed by atoms with Crippen molar-refractivity contribution in [3.8, 4) is 17.2 Å². The molecule has 1 aliphatic rings. The third-order valence-corrected chi connectivity index (χ3v) is 5.96. The molecule has 4 rings (SSSR count). The number of hydrogen-bond donors (Lipinski definition) is 0. The molecule has 1 amide bonds. The monoisotopic (exact) mass is 478 g/mol. The number of amides is 1. The fourth-order valence-electron chi connectivity index (χ4n) is 3.37. The summed E-state index contributed by atoms with van der Waals surface area (Å²) in [6.07, 6.45) is 3.35. The second kappa shape index (κ2) is 10.5. The number of aliphatic imine (C=N–C) groups is 1. The van der Waals surface area contributed by atoms with E-state index in [9.17, 15) is 4.79 Å². The summed E-state index contributed by atoms with van der Waals surface area (Å²) in [5.74, 6) is 2.45. The van der Waals surface area contributed by atoms with Gasteiger partial charge in [-0.05, 0) is 74.1 Å². The molecule has 1 aliphatic heterocycles. The van der Waals surface area contributed by atoms with Crippen LogP contribution in [0.1, 0.15) is 25.2 Å². The van der Waals surface area contributed by atoms with E-state index in [-0.39, 0.29) is 18.6 Å². The summed E-state index contributed by atoms with van der Waals surface area (Å²) in [6, 6.07) is 16.6. The number of benzene rings is 2. The maximum Gasteiger partial charge on any atom is 0.267 e. The molecule has 34 heavy (non-hydrogen) atoms. The molecule has 0 radical (unpaired) electrons. The van der Waals surface area contributed by atoms with Crippen LogP contribution >= 0.6 is 11.8 Å². The summed E-state index contributed by atoms with van der Waals surface area (Å²) in [6.45, 7) is 4.17. The number of para-hydroxylation sites is 1. The molecule has 1 aromatic heterocycles. The highest BCUT2D eigenvalue weighted by atomic mass is 32.2. The normalized spacial score (nSPS) is 16.0. The lowest BCUT2D eigenvalue weighted by atomic mass is 10.1. The number of amidine groups is 1. The number of nitrogens with zero attached hydrogens (tertiary/aromatic N) is 2. The SMILES string of the molecule is COc1ccc(N=C2S/C(=C\c3cccc(OC)c3OC(C)C)C(=O)N2Cc2ccco2)cc1. The van der Waals surface area contributed by atoms with Crippen LogP contribution in [0.3, 0.4) is 0 Å². The minimum Gasteiger partial charge on any atom is -0.497 e. The molecule has 1 saturated heterocycles. The lowest BCUT2D eigenvalue weighted by Crippen LogP contribution is -2.28. The highest BCUT2D eigenvalue weighted by Crippen LogP contribution is 2.39. The van der Waals surface area contributed by atoms with Crippen molar-refractivity contribution in [1.82, 2.24) is 4.90 Å². The first-order valence-corrected chi connectivity index (χ1v) is 11.6. The maximum atomic E-state index is 13.4. The summed E-state index contributed by atoms with van der Waals surface area (Å²) in [7, 11) is 3.21. The van der Waals surface area contributed by atoms with Crippen LogP contribution in [-0.4, -0.2) is 36.3 Å². The number of methoxy groups -OCH3 is 2. The third-order valence-electron chi connectivity index (χ3n) is 4.95. The molecule has 0 aliphatic carbocycles. The summed E-state index contributed by atoms with van der Waals surface area (Å²) in [5, 5.41) is 0.562. The van der Waals surface area contributed by atoms with Gasteiger partial charge in [0.05, 0.1) is 43.7 Å². The van der Waals surface area contributed by atoms with E-state index in [1.807, 2.05) is 68.5 Å². The zero-order chi connectivity index (χ0) is 24.1. The Morgan fingerprint density at radius 1 is 1.06 bits per heavy atom. The van der Waals surface area contributed by atoms with Gasteiger partial charge >= 0.3 is 0 Å². The molecule has 0 saturated carbocycles. The van der Waals surface area contributed by atoms with Crippen LogP contribution in [0, 0.1) is 0 Å². The standard InChI is InChI=1S/C26H26N2O5S/c1-17(2)33-24-18(7-5-9-22(24)31-4)15-23-25(29)28(16-21-8-6-14-32-21)26(34-23)27-19-10-12-20(30-3)13-11-19/h5-15,17H,16H2,1-4H3/b23-15-,27-26?. The Labute approximate surface area is 203 Å². The number of furan rings is 1. The van der Waals surface area contributed by atoms with E-state index >= 15 is 0 Å². The number of hydrogen-bond acceptors (Lipinski definition) is 7. The van der Waals surface area contributed by atoms with Crippen molar-refractivity contribution >= 4 is 34.6 Å². The molecule has 8 heteroatoms. The zero-order valence-corrected chi connectivity index (χ0v) is 20.3. The van der Waals surface area contributed by atoms with Crippen LogP contribution in [0.15, 0.2) is 75.2 Å². The molecule has 3 aromatic rings. The summed E-state index contributed by atoms with van der Waals surface area (Å²) in [5.41, 5.74) is 1.47. The maximum absolute atomic E-state index is 13.4. The van der Waals surface area contributed by atoms with Gasteiger partial charge in [-0.15, -0.1) is 0 Å². The van der Waals surface area contributed by atoms with E-state index < -0.39 is 0 Å². The molecule has 0 atom stereocenters. The Morgan fingerprint density at radius 3 is 2.50 bits per heavy atom. The van der Waals surface area contributed by atoms with Gasteiger partial charge in [0, 0.05) is 5.56 Å². The molecule has 1 fully saturated rings. The van der Waals surface area contributed by atoms with Crippen molar-refractivity contribution in [2.24, 2.45) is 4.99 Å².